The fourth-order valence-electron chi connectivity index (χ4n) is 1.87. The number of anilines is 1. The summed E-state index contributed by atoms with van der Waals surface area (Å²) >= 11 is 11.9. The lowest BCUT2D eigenvalue weighted by molar-refractivity contribution is 0.426. The van der Waals surface area contributed by atoms with E-state index >= 15 is 0 Å². The Morgan fingerprint density at radius 1 is 1.10 bits per heavy atom. The average Bonchev–Trinajstić information content (AvgIpc) is 2.90. The minimum atomic E-state index is -0.100. The zero-order valence-corrected chi connectivity index (χ0v) is 12.1. The number of nitrogens with two attached hydrogens (primary N) is 1. The predicted octanol–water partition coefficient (Wildman–Crippen LogP) is 4.00. The maximum Gasteiger partial charge on any atom is 0.262 e. The molecule has 0 fully saturated rings. The lowest BCUT2D eigenvalue weighted by Gasteiger charge is -2.01. The van der Waals surface area contributed by atoms with Crippen molar-refractivity contribution in [1.82, 2.24) is 10.1 Å². The second-order valence-electron chi connectivity index (χ2n) is 4.32. The van der Waals surface area contributed by atoms with Crippen LogP contribution in [-0.4, -0.2) is 15.2 Å². The van der Waals surface area contributed by atoms with Gasteiger partial charge in [-0.15, -0.1) is 0 Å². The molecule has 21 heavy (non-hydrogen) atoms. The van der Waals surface area contributed by atoms with Gasteiger partial charge in [0.05, 0.1) is 11.3 Å². The van der Waals surface area contributed by atoms with Gasteiger partial charge >= 0.3 is 0 Å². The van der Waals surface area contributed by atoms with Crippen molar-refractivity contribution >= 4 is 28.9 Å². The summed E-state index contributed by atoms with van der Waals surface area (Å²) in [5.41, 5.74) is 6.85. The highest BCUT2D eigenvalue weighted by atomic mass is 35.5. The Bertz CT molecular complexity index is 797. The smallest absolute Gasteiger partial charge is 0.262 e. The minimum absolute atomic E-state index is 0.100. The molecule has 0 amide bonds. The Labute approximate surface area is 129 Å². The molecular formula is C14H9Cl2N3O2. The van der Waals surface area contributed by atoms with Gasteiger partial charge in [-0.05, 0) is 30.3 Å². The van der Waals surface area contributed by atoms with E-state index in [1.165, 1.54) is 0 Å². The van der Waals surface area contributed by atoms with Crippen LogP contribution in [0.1, 0.15) is 0 Å². The third-order valence-electron chi connectivity index (χ3n) is 2.84. The van der Waals surface area contributed by atoms with Crippen molar-refractivity contribution in [3.63, 3.8) is 0 Å². The number of aromatic nitrogens is 2. The van der Waals surface area contributed by atoms with Crippen LogP contribution in [0.15, 0.2) is 40.9 Å². The summed E-state index contributed by atoms with van der Waals surface area (Å²) < 4.78 is 5.16. The monoisotopic (exact) mass is 321 g/mol. The van der Waals surface area contributed by atoms with Crippen LogP contribution in [0.3, 0.4) is 0 Å². The molecule has 0 atom stereocenters. The minimum Gasteiger partial charge on any atom is -0.505 e. The average molecular weight is 322 g/mol. The number of halogens is 2. The van der Waals surface area contributed by atoms with Gasteiger partial charge in [0.25, 0.3) is 5.89 Å². The Morgan fingerprint density at radius 3 is 2.52 bits per heavy atom. The van der Waals surface area contributed by atoms with Crippen LogP contribution in [0.5, 0.6) is 5.75 Å². The first kappa shape index (κ1) is 13.7. The van der Waals surface area contributed by atoms with E-state index in [0.29, 0.717) is 27.0 Å². The van der Waals surface area contributed by atoms with E-state index in [2.05, 4.69) is 10.1 Å². The standard InChI is InChI=1S/C14H9Cl2N3O2/c15-8-4-7(5-9(16)6-8)13-18-14(21-19-13)10-2-1-3-11(17)12(10)20/h1-6,20H,17H2. The van der Waals surface area contributed by atoms with Crippen LogP contribution in [0.4, 0.5) is 5.69 Å². The second kappa shape index (κ2) is 5.27. The maximum atomic E-state index is 9.92. The van der Waals surface area contributed by atoms with Crippen molar-refractivity contribution in [1.29, 1.82) is 0 Å². The SMILES string of the molecule is Nc1cccc(-c2nc(-c3cc(Cl)cc(Cl)c3)no2)c1O. The molecule has 0 saturated heterocycles. The molecule has 0 saturated carbocycles. The first-order valence-electron chi connectivity index (χ1n) is 5.92. The molecule has 0 aliphatic heterocycles. The summed E-state index contributed by atoms with van der Waals surface area (Å²) in [5, 5.41) is 14.7. The molecule has 5 nitrogen and oxygen atoms in total. The summed E-state index contributed by atoms with van der Waals surface area (Å²) in [6.07, 6.45) is 0. The molecule has 3 N–H and O–H groups in total. The summed E-state index contributed by atoms with van der Waals surface area (Å²) in [6, 6.07) is 9.84. The molecule has 2 aromatic carbocycles. The number of rotatable bonds is 2. The predicted molar refractivity (Wildman–Crippen MR) is 81.3 cm³/mol. The number of phenols is 1. The topological polar surface area (TPSA) is 85.2 Å². The third kappa shape index (κ3) is 2.66. The van der Waals surface area contributed by atoms with Gasteiger partial charge in [-0.3, -0.25) is 0 Å². The number of phenolic OH excluding ortho intramolecular Hbond substituents is 1. The number of para-hydroxylation sites is 1. The zero-order valence-electron chi connectivity index (χ0n) is 10.5. The normalized spacial score (nSPS) is 10.8. The lowest BCUT2D eigenvalue weighted by Crippen LogP contribution is -1.88. The molecule has 0 aliphatic carbocycles. The lowest BCUT2D eigenvalue weighted by atomic mass is 10.1. The van der Waals surface area contributed by atoms with Gasteiger partial charge in [0.1, 0.15) is 0 Å². The Kier molecular flexibility index (Phi) is 3.45. The molecule has 0 radical (unpaired) electrons. The van der Waals surface area contributed by atoms with Crippen molar-refractivity contribution in [2.75, 3.05) is 5.73 Å². The molecule has 0 unspecified atom stereocenters. The number of aromatic hydroxyl groups is 1. The van der Waals surface area contributed by atoms with Gasteiger partial charge in [-0.1, -0.05) is 34.4 Å². The Morgan fingerprint density at radius 2 is 1.81 bits per heavy atom. The van der Waals surface area contributed by atoms with E-state index < -0.39 is 0 Å². The summed E-state index contributed by atoms with van der Waals surface area (Å²) in [6.45, 7) is 0. The quantitative estimate of drug-likeness (QED) is 0.550. The van der Waals surface area contributed by atoms with E-state index in [4.69, 9.17) is 33.5 Å². The van der Waals surface area contributed by atoms with E-state index in [1.54, 1.807) is 36.4 Å². The van der Waals surface area contributed by atoms with E-state index in [0.717, 1.165) is 0 Å². The van der Waals surface area contributed by atoms with E-state index in [-0.39, 0.29) is 17.3 Å². The number of hydrogen-bond donors (Lipinski definition) is 2. The number of benzene rings is 2. The van der Waals surface area contributed by atoms with Crippen molar-refractivity contribution in [2.24, 2.45) is 0 Å². The Hall–Kier alpha value is -2.24. The van der Waals surface area contributed by atoms with Crippen LogP contribution < -0.4 is 5.73 Å². The molecule has 1 heterocycles. The number of nitrogen functional groups attached to an aromatic ring is 1. The number of nitrogens with zero attached hydrogens (tertiary/aromatic N) is 2. The third-order valence-corrected chi connectivity index (χ3v) is 3.28. The van der Waals surface area contributed by atoms with Gasteiger partial charge < -0.3 is 15.4 Å². The van der Waals surface area contributed by atoms with Crippen LogP contribution >= 0.6 is 23.2 Å². The molecule has 0 aliphatic rings. The van der Waals surface area contributed by atoms with Crippen LogP contribution in [0.25, 0.3) is 22.8 Å². The van der Waals surface area contributed by atoms with Crippen molar-refractivity contribution in [3.8, 4) is 28.6 Å². The summed E-state index contributed by atoms with van der Waals surface area (Å²) in [5.74, 6) is 0.374. The van der Waals surface area contributed by atoms with E-state index in [1.807, 2.05) is 0 Å². The fourth-order valence-corrected chi connectivity index (χ4v) is 2.39. The first-order valence-corrected chi connectivity index (χ1v) is 6.68. The molecule has 0 bridgehead atoms. The highest BCUT2D eigenvalue weighted by molar-refractivity contribution is 6.35. The van der Waals surface area contributed by atoms with Crippen molar-refractivity contribution in [3.05, 3.63) is 46.4 Å². The highest BCUT2D eigenvalue weighted by Gasteiger charge is 2.15. The molecule has 7 heteroatoms. The molecule has 1 aromatic heterocycles. The maximum absolute atomic E-state index is 9.92. The summed E-state index contributed by atoms with van der Waals surface area (Å²) in [7, 11) is 0. The van der Waals surface area contributed by atoms with Gasteiger partial charge in [0, 0.05) is 15.6 Å². The number of hydrogen-bond acceptors (Lipinski definition) is 5. The molecular weight excluding hydrogens is 313 g/mol. The molecule has 106 valence electrons. The van der Waals surface area contributed by atoms with E-state index in [9.17, 15) is 5.11 Å². The largest absolute Gasteiger partial charge is 0.505 e. The van der Waals surface area contributed by atoms with Crippen LogP contribution in [-0.2, 0) is 0 Å². The second-order valence-corrected chi connectivity index (χ2v) is 5.20. The zero-order chi connectivity index (χ0) is 15.0. The van der Waals surface area contributed by atoms with Crippen molar-refractivity contribution in [2.45, 2.75) is 0 Å². The summed E-state index contributed by atoms with van der Waals surface area (Å²) in [4.78, 5) is 4.22. The Balaban J connectivity index is 2.06. The molecule has 0 spiro atoms. The molecule has 3 rings (SSSR count). The van der Waals surface area contributed by atoms with Crippen LogP contribution in [0, 0.1) is 0 Å². The van der Waals surface area contributed by atoms with Gasteiger partial charge in [0.15, 0.2) is 5.75 Å². The first-order chi connectivity index (χ1) is 10.0. The van der Waals surface area contributed by atoms with Gasteiger partial charge in [-0.2, -0.15) is 4.98 Å². The van der Waals surface area contributed by atoms with Gasteiger partial charge in [-0.25, -0.2) is 0 Å². The highest BCUT2D eigenvalue weighted by Crippen LogP contribution is 2.34. The van der Waals surface area contributed by atoms with Crippen molar-refractivity contribution < 1.29 is 9.63 Å². The molecule has 3 aromatic rings. The fraction of sp³-hybridized carbons (Fsp3) is 0. The van der Waals surface area contributed by atoms with Crippen LogP contribution in [0.2, 0.25) is 10.0 Å². The van der Waals surface area contributed by atoms with Gasteiger partial charge in [0.2, 0.25) is 5.82 Å².